The molecule has 1 aliphatic heterocycles. The van der Waals surface area contributed by atoms with Crippen molar-refractivity contribution in [1.29, 1.82) is 5.26 Å². The maximum absolute atomic E-state index is 9.16. The van der Waals surface area contributed by atoms with Gasteiger partial charge in [-0.05, 0) is 12.8 Å². The zero-order chi connectivity index (χ0) is 22.2. The smallest absolute Gasteiger partial charge is 0.203 e. The number of aliphatic imine (C=N–C) groups is 1. The standard InChI is InChI=1S/C23H31N7OS/c1-29-23(27-20-5-3-2-4-6-20)32-22(28-29)19-9-7-18(8-10-19)21(26-17-24)25-11-12-30-13-15-31-16-14-30/h7-10,20H,2-6,11-16H2,1H3,(H,25,26). The monoisotopic (exact) mass is 453 g/mol. The van der Waals surface area contributed by atoms with Crippen molar-refractivity contribution >= 4 is 17.2 Å². The van der Waals surface area contributed by atoms with E-state index < -0.39 is 0 Å². The van der Waals surface area contributed by atoms with Crippen molar-refractivity contribution < 1.29 is 4.74 Å². The Hall–Kier alpha value is -2.54. The molecule has 1 saturated heterocycles. The molecule has 0 spiro atoms. The zero-order valence-corrected chi connectivity index (χ0v) is 19.5. The molecule has 1 aromatic carbocycles. The SMILES string of the molecule is Cn1nc(-c2ccc(C(=NCCN3CCOCC3)NC#N)cc2)sc1=NC1CCCCC1. The fraction of sp³-hybridized carbons (Fsp3) is 0.565. The second-order valence-electron chi connectivity index (χ2n) is 8.23. The van der Waals surface area contributed by atoms with Gasteiger partial charge in [-0.2, -0.15) is 10.4 Å². The molecule has 2 aliphatic rings. The molecule has 2 heterocycles. The number of benzene rings is 1. The van der Waals surface area contributed by atoms with Crippen LogP contribution in [0.2, 0.25) is 0 Å². The second-order valence-corrected chi connectivity index (χ2v) is 9.19. The lowest BCUT2D eigenvalue weighted by Crippen LogP contribution is -2.38. The Morgan fingerprint density at radius 3 is 2.69 bits per heavy atom. The molecule has 4 rings (SSSR count). The number of rotatable bonds is 6. The predicted molar refractivity (Wildman–Crippen MR) is 126 cm³/mol. The number of nitrogens with zero attached hydrogens (tertiary/aromatic N) is 6. The first kappa shape index (κ1) is 22.6. The van der Waals surface area contributed by atoms with E-state index in [0.29, 0.717) is 18.4 Å². The molecule has 1 N–H and O–H groups in total. The molecule has 8 nitrogen and oxygen atoms in total. The number of nitriles is 1. The molecule has 1 saturated carbocycles. The van der Waals surface area contributed by atoms with Crippen molar-refractivity contribution in [3.05, 3.63) is 34.6 Å². The van der Waals surface area contributed by atoms with Gasteiger partial charge in [0.15, 0.2) is 6.19 Å². The van der Waals surface area contributed by atoms with Gasteiger partial charge in [-0.25, -0.2) is 4.68 Å². The molecule has 9 heteroatoms. The van der Waals surface area contributed by atoms with Crippen molar-refractivity contribution in [1.82, 2.24) is 20.0 Å². The van der Waals surface area contributed by atoms with Crippen LogP contribution in [0.4, 0.5) is 0 Å². The van der Waals surface area contributed by atoms with Gasteiger partial charge in [0.1, 0.15) is 10.8 Å². The van der Waals surface area contributed by atoms with Crippen molar-refractivity contribution in [2.24, 2.45) is 17.0 Å². The number of aryl methyl sites for hydroxylation is 1. The van der Waals surface area contributed by atoms with Crippen molar-refractivity contribution in [2.45, 2.75) is 38.1 Å². The van der Waals surface area contributed by atoms with Crippen LogP contribution in [0.15, 0.2) is 34.3 Å². The van der Waals surface area contributed by atoms with Crippen LogP contribution < -0.4 is 10.1 Å². The summed E-state index contributed by atoms with van der Waals surface area (Å²) in [7, 11) is 1.96. The van der Waals surface area contributed by atoms with E-state index in [1.54, 1.807) is 11.3 Å². The van der Waals surface area contributed by atoms with E-state index in [0.717, 1.165) is 53.8 Å². The predicted octanol–water partition coefficient (Wildman–Crippen LogP) is 2.53. The zero-order valence-electron chi connectivity index (χ0n) is 18.7. The summed E-state index contributed by atoms with van der Waals surface area (Å²) >= 11 is 1.63. The largest absolute Gasteiger partial charge is 0.379 e. The number of nitrogens with one attached hydrogen (secondary N) is 1. The van der Waals surface area contributed by atoms with Gasteiger partial charge in [0.05, 0.1) is 25.8 Å². The minimum atomic E-state index is 0.430. The second kappa shape index (κ2) is 11.4. The van der Waals surface area contributed by atoms with Crippen molar-refractivity contribution in [2.75, 3.05) is 39.4 Å². The third kappa shape index (κ3) is 6.03. The maximum Gasteiger partial charge on any atom is 0.203 e. The van der Waals surface area contributed by atoms with E-state index in [-0.39, 0.29) is 0 Å². The van der Waals surface area contributed by atoms with Gasteiger partial charge in [-0.3, -0.25) is 20.2 Å². The fourth-order valence-corrected chi connectivity index (χ4v) is 5.06. The van der Waals surface area contributed by atoms with Gasteiger partial charge in [0.25, 0.3) is 0 Å². The average molecular weight is 454 g/mol. The molecule has 0 unspecified atom stereocenters. The summed E-state index contributed by atoms with van der Waals surface area (Å²) in [4.78, 5) is 12.9. The molecule has 0 radical (unpaired) electrons. The van der Waals surface area contributed by atoms with Crippen molar-refractivity contribution in [3.63, 3.8) is 0 Å². The first-order chi connectivity index (χ1) is 15.7. The number of hydrogen-bond acceptors (Lipinski definition) is 7. The van der Waals surface area contributed by atoms with E-state index in [4.69, 9.17) is 15.0 Å². The number of ether oxygens (including phenoxy) is 1. The molecule has 170 valence electrons. The fourth-order valence-electron chi connectivity index (χ4n) is 4.10. The third-order valence-corrected chi connectivity index (χ3v) is 7.01. The molecule has 0 bridgehead atoms. The summed E-state index contributed by atoms with van der Waals surface area (Å²) in [5, 5.41) is 17.5. The average Bonchev–Trinajstić information content (AvgIpc) is 3.20. The maximum atomic E-state index is 9.16. The molecule has 32 heavy (non-hydrogen) atoms. The summed E-state index contributed by atoms with van der Waals surface area (Å²) in [6.45, 7) is 4.93. The highest BCUT2D eigenvalue weighted by molar-refractivity contribution is 7.12. The highest BCUT2D eigenvalue weighted by atomic mass is 32.1. The molecule has 1 aliphatic carbocycles. The molecular weight excluding hydrogens is 422 g/mol. The molecule has 2 aromatic rings. The Labute approximate surface area is 193 Å². The van der Waals surface area contributed by atoms with E-state index in [2.05, 4.69) is 20.3 Å². The number of aromatic nitrogens is 2. The molecular formula is C23H31N7OS. The summed E-state index contributed by atoms with van der Waals surface area (Å²) < 4.78 is 7.27. The van der Waals surface area contributed by atoms with Crippen LogP contribution in [-0.4, -0.2) is 66.0 Å². The summed E-state index contributed by atoms with van der Waals surface area (Å²) in [5.41, 5.74) is 1.94. The van der Waals surface area contributed by atoms with Gasteiger partial charge in [0, 0.05) is 37.8 Å². The van der Waals surface area contributed by atoms with E-state index in [1.807, 2.05) is 42.2 Å². The normalized spacial score (nSPS) is 19.1. The minimum Gasteiger partial charge on any atom is -0.379 e. The summed E-state index contributed by atoms with van der Waals surface area (Å²) in [5.74, 6) is 0.602. The van der Waals surface area contributed by atoms with E-state index in [9.17, 15) is 0 Å². The number of morpholine rings is 1. The van der Waals surface area contributed by atoms with Crippen molar-refractivity contribution in [3.8, 4) is 16.8 Å². The minimum absolute atomic E-state index is 0.430. The Kier molecular flexibility index (Phi) is 8.04. The Morgan fingerprint density at radius 2 is 1.97 bits per heavy atom. The van der Waals surface area contributed by atoms with E-state index >= 15 is 0 Å². The van der Waals surface area contributed by atoms with Crippen LogP contribution in [0.1, 0.15) is 37.7 Å². The van der Waals surface area contributed by atoms with Crippen LogP contribution >= 0.6 is 11.3 Å². The number of hydrogen-bond donors (Lipinski definition) is 1. The van der Waals surface area contributed by atoms with E-state index in [1.165, 1.54) is 32.1 Å². The van der Waals surface area contributed by atoms with Gasteiger partial charge >= 0.3 is 0 Å². The molecule has 2 fully saturated rings. The number of amidine groups is 1. The molecule has 0 amide bonds. The van der Waals surface area contributed by atoms with Gasteiger partial charge < -0.3 is 4.74 Å². The molecule has 0 atom stereocenters. The lowest BCUT2D eigenvalue weighted by molar-refractivity contribution is 0.0394. The first-order valence-electron chi connectivity index (χ1n) is 11.4. The first-order valence-corrected chi connectivity index (χ1v) is 12.2. The Morgan fingerprint density at radius 1 is 1.22 bits per heavy atom. The summed E-state index contributed by atoms with van der Waals surface area (Å²) in [6, 6.07) is 8.49. The Bertz CT molecular complexity index is 1010. The molecule has 1 aromatic heterocycles. The quantitative estimate of drug-likeness (QED) is 0.314. The highest BCUT2D eigenvalue weighted by Gasteiger charge is 2.14. The van der Waals surface area contributed by atoms with Crippen LogP contribution in [-0.2, 0) is 11.8 Å². The Balaban J connectivity index is 1.45. The van der Waals surface area contributed by atoms with Crippen LogP contribution in [0.3, 0.4) is 0 Å². The van der Waals surface area contributed by atoms with Crippen LogP contribution in [0.25, 0.3) is 10.6 Å². The summed E-state index contributed by atoms with van der Waals surface area (Å²) in [6.07, 6.45) is 8.26. The lowest BCUT2D eigenvalue weighted by Gasteiger charge is -2.25. The third-order valence-electron chi connectivity index (χ3n) is 5.94. The van der Waals surface area contributed by atoms with Crippen LogP contribution in [0, 0.1) is 11.5 Å². The highest BCUT2D eigenvalue weighted by Crippen LogP contribution is 2.22. The topological polar surface area (TPSA) is 90.8 Å². The lowest BCUT2D eigenvalue weighted by atomic mass is 9.96. The van der Waals surface area contributed by atoms with Gasteiger partial charge in [-0.15, -0.1) is 0 Å². The van der Waals surface area contributed by atoms with Gasteiger partial charge in [-0.1, -0.05) is 54.9 Å². The van der Waals surface area contributed by atoms with Gasteiger partial charge in [0.2, 0.25) is 4.80 Å². The van der Waals surface area contributed by atoms with Crippen LogP contribution in [0.5, 0.6) is 0 Å².